The van der Waals surface area contributed by atoms with Gasteiger partial charge in [-0.25, -0.2) is 4.79 Å². The molecule has 3 heterocycles. The van der Waals surface area contributed by atoms with E-state index in [1.54, 1.807) is 42.5 Å². The number of methoxy groups -OCH3 is 1. The van der Waals surface area contributed by atoms with Gasteiger partial charge in [0.2, 0.25) is 17.7 Å². The Labute approximate surface area is 221 Å². The first-order valence-electron chi connectivity index (χ1n) is 12.8. The highest BCUT2D eigenvalue weighted by Gasteiger charge is 2.42. The van der Waals surface area contributed by atoms with Gasteiger partial charge in [0, 0.05) is 25.1 Å². The molecule has 10 nitrogen and oxygen atoms in total. The largest absolute Gasteiger partial charge is 0.467 e. The second kappa shape index (κ2) is 12.0. The van der Waals surface area contributed by atoms with Crippen LogP contribution >= 0.6 is 0 Å². The third-order valence-electron chi connectivity index (χ3n) is 7.25. The van der Waals surface area contributed by atoms with Crippen LogP contribution in [-0.2, 0) is 23.9 Å². The van der Waals surface area contributed by atoms with Crippen LogP contribution < -0.4 is 10.2 Å². The van der Waals surface area contributed by atoms with Crippen molar-refractivity contribution in [3.05, 3.63) is 60.4 Å². The summed E-state index contributed by atoms with van der Waals surface area (Å²) in [5, 5.41) is 2.81. The molecule has 0 saturated carbocycles. The molecular formula is C28H32N4O6. The molecule has 1 unspecified atom stereocenters. The number of carbonyl (C=O) groups is 5. The normalized spacial score (nSPS) is 20.8. The second-order valence-electron chi connectivity index (χ2n) is 9.74. The zero-order chi connectivity index (χ0) is 27.2. The maximum Gasteiger partial charge on any atom is 0.328 e. The van der Waals surface area contributed by atoms with E-state index in [-0.39, 0.29) is 35.8 Å². The van der Waals surface area contributed by atoms with Crippen molar-refractivity contribution in [2.24, 2.45) is 11.8 Å². The minimum atomic E-state index is -0.952. The molecule has 0 spiro atoms. The Hall–Kier alpha value is -4.08. The fourth-order valence-corrected chi connectivity index (χ4v) is 5.15. The molecule has 2 saturated heterocycles. The van der Waals surface area contributed by atoms with Crippen LogP contribution in [0.1, 0.15) is 49.5 Å². The molecule has 0 bridgehead atoms. The van der Waals surface area contributed by atoms with Crippen LogP contribution in [0.25, 0.3) is 0 Å². The number of benzene rings is 1. The lowest BCUT2D eigenvalue weighted by atomic mass is 9.90. The van der Waals surface area contributed by atoms with Crippen LogP contribution in [-0.4, -0.2) is 65.2 Å². The van der Waals surface area contributed by atoms with Gasteiger partial charge in [0.05, 0.1) is 12.8 Å². The van der Waals surface area contributed by atoms with Crippen molar-refractivity contribution in [2.45, 2.75) is 51.1 Å². The Bertz CT molecular complexity index is 1190. The smallest absolute Gasteiger partial charge is 0.328 e. The summed E-state index contributed by atoms with van der Waals surface area (Å²) in [6.45, 7) is 2.20. The average Bonchev–Trinajstić information content (AvgIpc) is 3.54. The first-order valence-corrected chi connectivity index (χ1v) is 12.8. The number of nitrogens with one attached hydrogen (secondary N) is 1. The van der Waals surface area contributed by atoms with Crippen LogP contribution in [0.3, 0.4) is 0 Å². The van der Waals surface area contributed by atoms with Gasteiger partial charge in [0.25, 0.3) is 5.91 Å². The van der Waals surface area contributed by atoms with Crippen LogP contribution in [0.4, 0.5) is 5.69 Å². The van der Waals surface area contributed by atoms with Gasteiger partial charge in [0.1, 0.15) is 17.8 Å². The summed E-state index contributed by atoms with van der Waals surface area (Å²) in [6, 6.07) is 12.0. The molecule has 10 heteroatoms. The van der Waals surface area contributed by atoms with E-state index in [0.717, 1.165) is 0 Å². The minimum Gasteiger partial charge on any atom is -0.467 e. The van der Waals surface area contributed by atoms with Crippen molar-refractivity contribution in [3.63, 3.8) is 0 Å². The lowest BCUT2D eigenvalue weighted by Gasteiger charge is -2.31. The summed E-state index contributed by atoms with van der Waals surface area (Å²) < 4.78 is 4.88. The Balaban J connectivity index is 1.49. The van der Waals surface area contributed by atoms with E-state index in [4.69, 9.17) is 4.74 Å². The maximum absolute atomic E-state index is 13.7. The number of likely N-dealkylation sites (tertiary alicyclic amines) is 1. The molecule has 4 atom stereocenters. The molecule has 4 rings (SSSR count). The number of esters is 1. The number of carbonyl (C=O) groups excluding carboxylic acids is 5. The zero-order valence-electron chi connectivity index (χ0n) is 21.5. The summed E-state index contributed by atoms with van der Waals surface area (Å²) in [5.41, 5.74) is 0.704. The van der Waals surface area contributed by atoms with Crippen LogP contribution in [0.15, 0.2) is 54.7 Å². The van der Waals surface area contributed by atoms with Gasteiger partial charge < -0.3 is 15.0 Å². The minimum absolute atomic E-state index is 0.0931. The Kier molecular flexibility index (Phi) is 8.50. The highest BCUT2D eigenvalue weighted by atomic mass is 16.5. The number of ether oxygens (including phenoxy) is 1. The first kappa shape index (κ1) is 27.0. The molecule has 0 aliphatic carbocycles. The molecule has 2 aliphatic rings. The number of anilines is 1. The highest BCUT2D eigenvalue weighted by Crippen LogP contribution is 2.31. The van der Waals surface area contributed by atoms with Gasteiger partial charge in [0.15, 0.2) is 0 Å². The fraction of sp³-hybridized carbons (Fsp3) is 0.429. The van der Waals surface area contributed by atoms with E-state index < -0.39 is 29.9 Å². The van der Waals surface area contributed by atoms with Crippen molar-refractivity contribution in [3.8, 4) is 0 Å². The number of amides is 4. The summed E-state index contributed by atoms with van der Waals surface area (Å²) >= 11 is 0. The van der Waals surface area contributed by atoms with Gasteiger partial charge >= 0.3 is 5.97 Å². The van der Waals surface area contributed by atoms with E-state index in [2.05, 4.69) is 10.3 Å². The number of aromatic nitrogens is 1. The number of rotatable bonds is 9. The zero-order valence-corrected chi connectivity index (χ0v) is 21.5. The van der Waals surface area contributed by atoms with E-state index >= 15 is 0 Å². The standard InChI is InChI=1S/C28H32N4O6/c1-18(13-14-19-17-23(33)32(26(19)35)20-9-4-3-5-10-20)24(30-25(34)21-11-6-7-15-29-21)27(36)31-16-8-12-22(31)28(37)38-2/h3-7,9-11,15,18-19,22,24H,8,12-14,16-17H2,1-2H3,(H,30,34)/t18-,19?,22-,24-/m0/s1. The van der Waals surface area contributed by atoms with E-state index in [9.17, 15) is 24.0 Å². The van der Waals surface area contributed by atoms with Crippen molar-refractivity contribution in [1.29, 1.82) is 0 Å². The topological polar surface area (TPSA) is 126 Å². The third-order valence-corrected chi connectivity index (χ3v) is 7.25. The van der Waals surface area contributed by atoms with E-state index in [0.29, 0.717) is 37.9 Å². The molecule has 2 aromatic rings. The quantitative estimate of drug-likeness (QED) is 0.397. The van der Waals surface area contributed by atoms with Crippen molar-refractivity contribution < 1.29 is 28.7 Å². The van der Waals surface area contributed by atoms with E-state index in [1.165, 1.54) is 23.1 Å². The fourth-order valence-electron chi connectivity index (χ4n) is 5.15. The molecule has 1 N–H and O–H groups in total. The second-order valence-corrected chi connectivity index (χ2v) is 9.74. The molecule has 0 radical (unpaired) electrons. The average molecular weight is 521 g/mol. The molecular weight excluding hydrogens is 488 g/mol. The van der Waals surface area contributed by atoms with Crippen LogP contribution in [0.5, 0.6) is 0 Å². The lowest BCUT2D eigenvalue weighted by Crippen LogP contribution is -2.54. The number of hydrogen-bond donors (Lipinski definition) is 1. The molecule has 200 valence electrons. The predicted molar refractivity (Wildman–Crippen MR) is 138 cm³/mol. The SMILES string of the molecule is COC(=O)[C@@H]1CCCN1C(=O)[C@@H](NC(=O)c1ccccn1)[C@@H](C)CCC1CC(=O)N(c2ccccc2)C1=O. The van der Waals surface area contributed by atoms with Gasteiger partial charge in [-0.15, -0.1) is 0 Å². The van der Waals surface area contributed by atoms with Crippen LogP contribution in [0.2, 0.25) is 0 Å². The molecule has 2 fully saturated rings. The molecule has 38 heavy (non-hydrogen) atoms. The van der Waals surface area contributed by atoms with Gasteiger partial charge in [-0.1, -0.05) is 31.2 Å². The monoisotopic (exact) mass is 520 g/mol. The summed E-state index contributed by atoms with van der Waals surface area (Å²) in [6.07, 6.45) is 3.50. The summed E-state index contributed by atoms with van der Waals surface area (Å²) in [4.78, 5) is 71.4. The third kappa shape index (κ3) is 5.74. The Morgan fingerprint density at radius 3 is 2.53 bits per heavy atom. The van der Waals surface area contributed by atoms with Crippen molar-refractivity contribution in [2.75, 3.05) is 18.6 Å². The highest BCUT2D eigenvalue weighted by molar-refractivity contribution is 6.20. The van der Waals surface area contributed by atoms with E-state index in [1.807, 2.05) is 13.0 Å². The molecule has 4 amide bonds. The maximum atomic E-state index is 13.7. The molecule has 1 aromatic carbocycles. The lowest BCUT2D eigenvalue weighted by molar-refractivity contribution is -0.152. The number of hydrogen-bond acceptors (Lipinski definition) is 7. The Morgan fingerprint density at radius 2 is 1.84 bits per heavy atom. The number of para-hydroxylation sites is 1. The summed E-state index contributed by atoms with van der Waals surface area (Å²) in [7, 11) is 1.28. The van der Waals surface area contributed by atoms with Gasteiger partial charge in [-0.2, -0.15) is 0 Å². The Morgan fingerprint density at radius 1 is 1.11 bits per heavy atom. The van der Waals surface area contributed by atoms with Gasteiger partial charge in [-0.3, -0.25) is 29.1 Å². The predicted octanol–water partition coefficient (Wildman–Crippen LogP) is 2.34. The molecule has 2 aliphatic heterocycles. The van der Waals surface area contributed by atoms with Crippen molar-refractivity contribution in [1.82, 2.24) is 15.2 Å². The molecule has 1 aromatic heterocycles. The number of nitrogens with zero attached hydrogens (tertiary/aromatic N) is 3. The number of pyridine rings is 1. The first-order chi connectivity index (χ1) is 18.3. The summed E-state index contributed by atoms with van der Waals surface area (Å²) in [5.74, 6) is -2.80. The van der Waals surface area contributed by atoms with Crippen molar-refractivity contribution >= 4 is 35.3 Å². The number of imide groups is 1. The van der Waals surface area contributed by atoms with Gasteiger partial charge in [-0.05, 0) is 55.9 Å². The van der Waals surface area contributed by atoms with Crippen LogP contribution in [0, 0.1) is 11.8 Å².